The van der Waals surface area contributed by atoms with E-state index in [0.717, 1.165) is 16.7 Å². The van der Waals surface area contributed by atoms with Gasteiger partial charge in [-0.15, -0.1) is 0 Å². The molecule has 1 heterocycles. The van der Waals surface area contributed by atoms with Crippen molar-refractivity contribution in [3.63, 3.8) is 0 Å². The molecule has 3 aromatic carbocycles. The maximum Gasteiger partial charge on any atom is 0.453 e. The number of alkyl halides is 5. The molecule has 2 unspecified atom stereocenters. The second-order valence-electron chi connectivity index (χ2n) is 10.9. The molecule has 0 aliphatic carbocycles. The van der Waals surface area contributed by atoms with Crippen molar-refractivity contribution in [1.82, 2.24) is 0 Å². The van der Waals surface area contributed by atoms with Crippen LogP contribution in [0.1, 0.15) is 42.4 Å². The lowest BCUT2D eigenvalue weighted by molar-refractivity contribution is -0.284. The first kappa shape index (κ1) is 33.7. The van der Waals surface area contributed by atoms with Crippen LogP contribution < -0.4 is 9.47 Å². The van der Waals surface area contributed by atoms with Crippen LogP contribution in [-0.2, 0) is 10.2 Å². The molecule has 6 nitrogen and oxygen atoms in total. The van der Waals surface area contributed by atoms with Gasteiger partial charge in [0.1, 0.15) is 35.7 Å². The normalized spacial score (nSPS) is 19.2. The van der Waals surface area contributed by atoms with Gasteiger partial charge >= 0.3 is 12.1 Å². The molecule has 0 amide bonds. The monoisotopic (exact) mass is 642 g/mol. The zero-order valence-corrected chi connectivity index (χ0v) is 24.8. The van der Waals surface area contributed by atoms with Crippen molar-refractivity contribution < 1.29 is 51.5 Å². The number of rotatable bonds is 14. The Morgan fingerprint density at radius 3 is 2.30 bits per heavy atom. The number of phenolic OH excluding ortho intramolecular Hbond substituents is 2. The van der Waals surface area contributed by atoms with Crippen LogP contribution in [-0.4, -0.2) is 71.5 Å². The van der Waals surface area contributed by atoms with Gasteiger partial charge in [0.15, 0.2) is 0 Å². The first-order chi connectivity index (χ1) is 20.8. The van der Waals surface area contributed by atoms with E-state index in [1.54, 1.807) is 36.4 Å². The maximum atomic E-state index is 12.9. The number of aromatic hydroxyl groups is 2. The topological polar surface area (TPSA) is 88.4 Å². The summed E-state index contributed by atoms with van der Waals surface area (Å²) < 4.78 is 79.5. The van der Waals surface area contributed by atoms with Gasteiger partial charge < -0.3 is 29.5 Å². The van der Waals surface area contributed by atoms with Crippen LogP contribution in [0.25, 0.3) is 0 Å². The van der Waals surface area contributed by atoms with E-state index >= 15 is 0 Å². The number of aliphatic hydroxyl groups excluding tert-OH is 1. The van der Waals surface area contributed by atoms with E-state index in [1.165, 1.54) is 11.8 Å². The average molecular weight is 643 g/mol. The van der Waals surface area contributed by atoms with Gasteiger partial charge in [-0.3, -0.25) is 0 Å². The molecule has 44 heavy (non-hydrogen) atoms. The lowest BCUT2D eigenvalue weighted by Crippen LogP contribution is -2.40. The van der Waals surface area contributed by atoms with E-state index < -0.39 is 30.0 Å². The van der Waals surface area contributed by atoms with Gasteiger partial charge in [0.2, 0.25) is 0 Å². The van der Waals surface area contributed by atoms with Crippen LogP contribution in [0.3, 0.4) is 0 Å². The quantitative estimate of drug-likeness (QED) is 0.128. The Hall–Kier alpha value is -3.22. The summed E-state index contributed by atoms with van der Waals surface area (Å²) in [5.74, 6) is -2.89. The number of aliphatic hydroxyl groups is 1. The molecule has 0 fully saturated rings. The zero-order chi connectivity index (χ0) is 32.0. The first-order valence-corrected chi connectivity index (χ1v) is 15.2. The molecular weight excluding hydrogens is 607 g/mol. The third-order valence-corrected chi connectivity index (χ3v) is 8.56. The van der Waals surface area contributed by atoms with Gasteiger partial charge in [0.25, 0.3) is 0 Å². The molecule has 240 valence electrons. The molecule has 3 atom stereocenters. The van der Waals surface area contributed by atoms with E-state index in [9.17, 15) is 37.3 Å². The fourth-order valence-electron chi connectivity index (χ4n) is 5.15. The highest BCUT2D eigenvalue weighted by molar-refractivity contribution is 7.99. The third-order valence-electron chi connectivity index (χ3n) is 7.53. The number of ether oxygens (including phenoxy) is 3. The van der Waals surface area contributed by atoms with Gasteiger partial charge in [-0.05, 0) is 53.6 Å². The highest BCUT2D eigenvalue weighted by atomic mass is 32.2. The predicted octanol–water partition coefficient (Wildman–Crippen LogP) is 7.05. The molecule has 3 aromatic rings. The molecule has 0 bridgehead atoms. The van der Waals surface area contributed by atoms with Crippen molar-refractivity contribution in [2.24, 2.45) is 0 Å². The summed E-state index contributed by atoms with van der Waals surface area (Å²) >= 11 is 1.20. The van der Waals surface area contributed by atoms with E-state index in [2.05, 4.69) is 6.92 Å². The SMILES string of the molecule is CC1(c2ccc(O)cc2)COc2cc(O)ccc2C1c1ccc(OC[C@@H](O)COCCSCCCC(F)(F)C(F)(F)F)cc1. The van der Waals surface area contributed by atoms with Crippen LogP contribution >= 0.6 is 11.8 Å². The minimum Gasteiger partial charge on any atom is -0.508 e. The maximum absolute atomic E-state index is 12.9. The number of hydrogen-bond acceptors (Lipinski definition) is 7. The summed E-state index contributed by atoms with van der Waals surface area (Å²) in [4.78, 5) is 0. The smallest absolute Gasteiger partial charge is 0.453 e. The first-order valence-electron chi connectivity index (χ1n) is 14.1. The number of phenols is 2. The summed E-state index contributed by atoms with van der Waals surface area (Å²) in [7, 11) is 0. The van der Waals surface area contributed by atoms with Crippen molar-refractivity contribution in [2.75, 3.05) is 37.9 Å². The number of fused-ring (bicyclic) bond motifs is 1. The number of thioether (sulfide) groups is 1. The molecule has 1 aliphatic rings. The summed E-state index contributed by atoms with van der Waals surface area (Å²) in [6, 6.07) is 19.6. The second-order valence-corrected chi connectivity index (χ2v) is 12.2. The van der Waals surface area contributed by atoms with E-state index in [4.69, 9.17) is 14.2 Å². The van der Waals surface area contributed by atoms with Gasteiger partial charge in [0, 0.05) is 35.1 Å². The lowest BCUT2D eigenvalue weighted by Gasteiger charge is -2.43. The van der Waals surface area contributed by atoms with Gasteiger partial charge in [-0.1, -0.05) is 37.3 Å². The van der Waals surface area contributed by atoms with E-state index in [1.807, 2.05) is 30.3 Å². The van der Waals surface area contributed by atoms with Crippen LogP contribution in [0.4, 0.5) is 22.0 Å². The fourth-order valence-corrected chi connectivity index (χ4v) is 5.94. The molecule has 0 aromatic heterocycles. The summed E-state index contributed by atoms with van der Waals surface area (Å²) in [5.41, 5.74) is 2.36. The number of hydrogen-bond donors (Lipinski definition) is 3. The van der Waals surface area contributed by atoms with Crippen LogP contribution in [0.5, 0.6) is 23.0 Å². The molecule has 12 heteroatoms. The minimum absolute atomic E-state index is 0.0263. The molecule has 0 radical (unpaired) electrons. The lowest BCUT2D eigenvalue weighted by atomic mass is 9.65. The Morgan fingerprint density at radius 1 is 0.932 bits per heavy atom. The number of halogens is 5. The summed E-state index contributed by atoms with van der Waals surface area (Å²) in [6.45, 7) is 2.57. The largest absolute Gasteiger partial charge is 0.508 e. The Bertz CT molecular complexity index is 1350. The molecule has 1 aliphatic heterocycles. The van der Waals surface area contributed by atoms with Crippen LogP contribution in [0.15, 0.2) is 66.7 Å². The Kier molecular flexibility index (Phi) is 10.9. The van der Waals surface area contributed by atoms with Crippen molar-refractivity contribution in [3.8, 4) is 23.0 Å². The molecule has 0 spiro atoms. The van der Waals surface area contributed by atoms with Gasteiger partial charge in [-0.2, -0.15) is 33.7 Å². The third kappa shape index (κ3) is 8.28. The molecular formula is C32H35F5O6S. The molecule has 0 saturated carbocycles. The van der Waals surface area contributed by atoms with E-state index in [0.29, 0.717) is 23.9 Å². The van der Waals surface area contributed by atoms with Crippen molar-refractivity contribution in [3.05, 3.63) is 83.4 Å². The Balaban J connectivity index is 1.28. The van der Waals surface area contributed by atoms with Crippen molar-refractivity contribution in [2.45, 2.75) is 49.3 Å². The van der Waals surface area contributed by atoms with Crippen LogP contribution in [0.2, 0.25) is 0 Å². The fraction of sp³-hybridized carbons (Fsp3) is 0.438. The summed E-state index contributed by atoms with van der Waals surface area (Å²) in [5, 5.41) is 30.1. The average Bonchev–Trinajstić information content (AvgIpc) is 2.97. The predicted molar refractivity (Wildman–Crippen MR) is 157 cm³/mol. The van der Waals surface area contributed by atoms with Crippen molar-refractivity contribution >= 4 is 11.8 Å². The molecule has 4 rings (SSSR count). The highest BCUT2D eigenvalue weighted by Crippen LogP contribution is 2.51. The Morgan fingerprint density at radius 2 is 1.61 bits per heavy atom. The van der Waals surface area contributed by atoms with Crippen LogP contribution in [0, 0.1) is 0 Å². The summed E-state index contributed by atoms with van der Waals surface area (Å²) in [6.07, 6.45) is -7.98. The van der Waals surface area contributed by atoms with Crippen molar-refractivity contribution in [1.29, 1.82) is 0 Å². The zero-order valence-electron chi connectivity index (χ0n) is 24.0. The number of benzene rings is 3. The standard InChI is InChI=1S/C32H35F5O6S/c1-30(22-5-7-23(38)8-6-22)20-43-28-17-24(39)9-12-27(28)29(30)21-3-10-26(11-4-21)42-19-25(40)18-41-14-16-44-15-2-13-31(33,34)32(35,36)37/h3-12,17,25,29,38-40H,2,13-16,18-20H2,1H3/t25-,29?,30?/m0/s1. The molecule has 0 saturated heterocycles. The van der Waals surface area contributed by atoms with Gasteiger partial charge in [0.05, 0.1) is 19.8 Å². The Labute approximate surface area is 256 Å². The minimum atomic E-state index is -5.53. The van der Waals surface area contributed by atoms with Gasteiger partial charge in [-0.25, -0.2) is 0 Å². The highest BCUT2D eigenvalue weighted by Gasteiger charge is 2.56. The van der Waals surface area contributed by atoms with E-state index in [-0.39, 0.29) is 49.4 Å². The second kappa shape index (κ2) is 14.3. The molecule has 3 N–H and O–H groups in total.